The van der Waals surface area contributed by atoms with E-state index in [1.54, 1.807) is 7.11 Å². The molecule has 0 heterocycles. The van der Waals surface area contributed by atoms with Crippen molar-refractivity contribution in [3.05, 3.63) is 24.3 Å². The molecule has 4 nitrogen and oxygen atoms in total. The van der Waals surface area contributed by atoms with Crippen LogP contribution < -0.4 is 14.8 Å². The summed E-state index contributed by atoms with van der Waals surface area (Å²) in [6.07, 6.45) is 3.64. The Kier molecular flexibility index (Phi) is 4.86. The topological polar surface area (TPSA) is 54.3 Å². The van der Waals surface area contributed by atoms with Gasteiger partial charge in [-0.3, -0.25) is 5.32 Å². The van der Waals surface area contributed by atoms with E-state index >= 15 is 0 Å². The highest BCUT2D eigenvalue weighted by Crippen LogP contribution is 2.34. The molecule has 20 heavy (non-hydrogen) atoms. The minimum absolute atomic E-state index is 0.0544. The molecule has 0 aromatic heterocycles. The smallest absolute Gasteiger partial charge is 0.161 e. The minimum Gasteiger partial charge on any atom is -0.493 e. The number of para-hydroxylation sites is 2. The lowest BCUT2D eigenvalue weighted by molar-refractivity contribution is 0.110. The molecule has 1 aromatic carbocycles. The van der Waals surface area contributed by atoms with E-state index in [9.17, 15) is 5.26 Å². The zero-order chi connectivity index (χ0) is 14.4. The van der Waals surface area contributed by atoms with E-state index in [2.05, 4.69) is 11.4 Å². The number of rotatable bonds is 5. The molecule has 1 aliphatic carbocycles. The summed E-state index contributed by atoms with van der Waals surface area (Å²) < 4.78 is 11.4. The Morgan fingerprint density at radius 1 is 1.40 bits per heavy atom. The van der Waals surface area contributed by atoms with E-state index in [0.717, 1.165) is 43.7 Å². The first-order chi connectivity index (χ1) is 9.73. The molecule has 1 fully saturated rings. The molecular weight excluding hydrogens is 252 g/mol. The van der Waals surface area contributed by atoms with E-state index in [4.69, 9.17) is 9.47 Å². The molecule has 4 heteroatoms. The van der Waals surface area contributed by atoms with Gasteiger partial charge in [0.25, 0.3) is 0 Å². The summed E-state index contributed by atoms with van der Waals surface area (Å²) in [5.41, 5.74) is -0.445. The van der Waals surface area contributed by atoms with Gasteiger partial charge in [0, 0.05) is 6.42 Å². The van der Waals surface area contributed by atoms with Crippen molar-refractivity contribution in [2.24, 2.45) is 0 Å². The Labute approximate surface area is 120 Å². The van der Waals surface area contributed by atoms with Crippen LogP contribution in [-0.2, 0) is 0 Å². The van der Waals surface area contributed by atoms with Crippen molar-refractivity contribution < 1.29 is 9.47 Å². The van der Waals surface area contributed by atoms with Gasteiger partial charge >= 0.3 is 0 Å². The fourth-order valence-corrected chi connectivity index (χ4v) is 2.86. The number of benzene rings is 1. The van der Waals surface area contributed by atoms with Gasteiger partial charge in [-0.25, -0.2) is 0 Å². The van der Waals surface area contributed by atoms with E-state index in [0.29, 0.717) is 0 Å². The lowest BCUT2D eigenvalue weighted by atomic mass is 9.81. The summed E-state index contributed by atoms with van der Waals surface area (Å²) in [6, 6.07) is 10.1. The Morgan fingerprint density at radius 3 is 2.80 bits per heavy atom. The van der Waals surface area contributed by atoms with Crippen LogP contribution in [0.5, 0.6) is 11.5 Å². The highest BCUT2D eigenvalue weighted by Gasteiger charge is 2.37. The van der Waals surface area contributed by atoms with Crippen LogP contribution in [0.3, 0.4) is 0 Å². The SMILES string of the molecule is CCNC1(C#N)CCCC(Oc2ccccc2OC)C1. The Bertz CT molecular complexity index is 480. The van der Waals surface area contributed by atoms with Crippen molar-refractivity contribution >= 4 is 0 Å². The van der Waals surface area contributed by atoms with Gasteiger partial charge in [0.2, 0.25) is 0 Å². The van der Waals surface area contributed by atoms with Gasteiger partial charge in [-0.1, -0.05) is 19.1 Å². The van der Waals surface area contributed by atoms with Gasteiger partial charge in [-0.2, -0.15) is 5.26 Å². The second-order valence-corrected chi connectivity index (χ2v) is 5.21. The molecule has 2 unspecified atom stereocenters. The molecule has 1 saturated carbocycles. The lowest BCUT2D eigenvalue weighted by Gasteiger charge is -2.36. The first-order valence-corrected chi connectivity index (χ1v) is 7.19. The van der Waals surface area contributed by atoms with Gasteiger partial charge in [0.05, 0.1) is 13.2 Å². The number of hydrogen-bond acceptors (Lipinski definition) is 4. The first kappa shape index (κ1) is 14.7. The summed E-state index contributed by atoms with van der Waals surface area (Å²) in [5.74, 6) is 1.49. The van der Waals surface area contributed by atoms with Crippen molar-refractivity contribution in [3.8, 4) is 17.6 Å². The highest BCUT2D eigenvalue weighted by atomic mass is 16.5. The summed E-state index contributed by atoms with van der Waals surface area (Å²) >= 11 is 0. The Hall–Kier alpha value is -1.73. The predicted molar refractivity (Wildman–Crippen MR) is 77.9 cm³/mol. The molecule has 0 aliphatic heterocycles. The third-order valence-electron chi connectivity index (χ3n) is 3.80. The van der Waals surface area contributed by atoms with Crippen molar-refractivity contribution in [2.45, 2.75) is 44.2 Å². The van der Waals surface area contributed by atoms with Crippen LogP contribution in [0.15, 0.2) is 24.3 Å². The number of nitrogens with zero attached hydrogens (tertiary/aromatic N) is 1. The normalized spacial score (nSPS) is 25.8. The van der Waals surface area contributed by atoms with E-state index < -0.39 is 5.54 Å². The van der Waals surface area contributed by atoms with E-state index in [-0.39, 0.29) is 6.10 Å². The van der Waals surface area contributed by atoms with Gasteiger partial charge in [0.1, 0.15) is 11.6 Å². The Morgan fingerprint density at radius 2 is 2.15 bits per heavy atom. The summed E-state index contributed by atoms with van der Waals surface area (Å²) in [5, 5.41) is 12.8. The minimum atomic E-state index is -0.445. The number of nitrogens with one attached hydrogen (secondary N) is 1. The molecule has 0 saturated heterocycles. The van der Waals surface area contributed by atoms with Crippen molar-refractivity contribution in [1.82, 2.24) is 5.32 Å². The van der Waals surface area contributed by atoms with Crippen LogP contribution in [0.25, 0.3) is 0 Å². The number of methoxy groups -OCH3 is 1. The van der Waals surface area contributed by atoms with Crippen LogP contribution in [0.1, 0.15) is 32.6 Å². The van der Waals surface area contributed by atoms with Crippen LogP contribution in [0.2, 0.25) is 0 Å². The molecule has 1 aromatic rings. The number of nitriles is 1. The maximum Gasteiger partial charge on any atom is 0.161 e. The summed E-state index contributed by atoms with van der Waals surface area (Å²) in [7, 11) is 1.64. The molecular formula is C16H22N2O2. The molecule has 1 N–H and O–H groups in total. The van der Waals surface area contributed by atoms with Crippen molar-refractivity contribution in [2.75, 3.05) is 13.7 Å². The fourth-order valence-electron chi connectivity index (χ4n) is 2.86. The molecule has 2 atom stereocenters. The third-order valence-corrected chi connectivity index (χ3v) is 3.80. The van der Waals surface area contributed by atoms with Gasteiger partial charge < -0.3 is 9.47 Å². The molecule has 0 radical (unpaired) electrons. The van der Waals surface area contributed by atoms with Crippen LogP contribution in [-0.4, -0.2) is 25.3 Å². The standard InChI is InChI=1S/C16H22N2O2/c1-3-18-16(12-17)10-6-7-13(11-16)20-15-9-5-4-8-14(15)19-2/h4-5,8-9,13,18H,3,6-7,10-11H2,1-2H3. The van der Waals surface area contributed by atoms with Crippen LogP contribution in [0, 0.1) is 11.3 Å². The number of ether oxygens (including phenoxy) is 2. The quantitative estimate of drug-likeness (QED) is 0.897. The average molecular weight is 274 g/mol. The summed E-state index contributed by atoms with van der Waals surface area (Å²) in [4.78, 5) is 0. The predicted octanol–water partition coefficient (Wildman–Crippen LogP) is 2.89. The van der Waals surface area contributed by atoms with E-state index in [1.807, 2.05) is 31.2 Å². The van der Waals surface area contributed by atoms with Crippen molar-refractivity contribution in [1.29, 1.82) is 5.26 Å². The summed E-state index contributed by atoms with van der Waals surface area (Å²) in [6.45, 7) is 2.83. The van der Waals surface area contributed by atoms with Crippen LogP contribution >= 0.6 is 0 Å². The van der Waals surface area contributed by atoms with Gasteiger partial charge in [-0.05, 0) is 37.9 Å². The largest absolute Gasteiger partial charge is 0.493 e. The van der Waals surface area contributed by atoms with Gasteiger partial charge in [-0.15, -0.1) is 0 Å². The maximum absolute atomic E-state index is 9.46. The van der Waals surface area contributed by atoms with Gasteiger partial charge in [0.15, 0.2) is 11.5 Å². The molecule has 1 aliphatic rings. The zero-order valence-corrected chi connectivity index (χ0v) is 12.2. The fraction of sp³-hybridized carbons (Fsp3) is 0.562. The Balaban J connectivity index is 2.08. The third kappa shape index (κ3) is 3.23. The highest BCUT2D eigenvalue weighted by molar-refractivity contribution is 5.39. The monoisotopic (exact) mass is 274 g/mol. The average Bonchev–Trinajstić information content (AvgIpc) is 2.48. The van der Waals surface area contributed by atoms with Crippen molar-refractivity contribution in [3.63, 3.8) is 0 Å². The molecule has 0 amide bonds. The lowest BCUT2D eigenvalue weighted by Crippen LogP contribution is -2.49. The molecule has 0 bridgehead atoms. The molecule has 0 spiro atoms. The van der Waals surface area contributed by atoms with E-state index in [1.165, 1.54) is 0 Å². The maximum atomic E-state index is 9.46. The molecule has 108 valence electrons. The van der Waals surface area contributed by atoms with Crippen LogP contribution in [0.4, 0.5) is 0 Å². The zero-order valence-electron chi connectivity index (χ0n) is 12.2. The first-order valence-electron chi connectivity index (χ1n) is 7.19. The molecule has 2 rings (SSSR count). The second kappa shape index (κ2) is 6.62. The second-order valence-electron chi connectivity index (χ2n) is 5.21. The number of hydrogen-bond donors (Lipinski definition) is 1.